The van der Waals surface area contributed by atoms with Crippen LogP contribution in [0.5, 0.6) is 0 Å². The molecule has 3 atom stereocenters. The minimum Gasteiger partial charge on any atom is -0.469 e. The molecule has 0 bridgehead atoms. The summed E-state index contributed by atoms with van der Waals surface area (Å²) < 4.78 is 11.4. The predicted molar refractivity (Wildman–Crippen MR) is 89.4 cm³/mol. The molecule has 5 heteroatoms. The van der Waals surface area contributed by atoms with Gasteiger partial charge in [-0.1, -0.05) is 6.42 Å². The van der Waals surface area contributed by atoms with Crippen molar-refractivity contribution in [3.63, 3.8) is 0 Å². The Morgan fingerprint density at radius 1 is 1.43 bits per heavy atom. The number of nitrogens with zero attached hydrogens (tertiary/aromatic N) is 1. The molecule has 2 N–H and O–H groups in total. The molecule has 2 saturated carbocycles. The monoisotopic (exact) mass is 317 g/mol. The molecular formula is C18H27N3O2. The van der Waals surface area contributed by atoms with Gasteiger partial charge in [0.2, 0.25) is 0 Å². The molecule has 3 aliphatic rings. The van der Waals surface area contributed by atoms with E-state index in [-0.39, 0.29) is 0 Å². The largest absolute Gasteiger partial charge is 0.469 e. The van der Waals surface area contributed by atoms with Gasteiger partial charge in [-0.15, -0.1) is 0 Å². The highest BCUT2D eigenvalue weighted by Gasteiger charge is 2.66. The van der Waals surface area contributed by atoms with E-state index in [2.05, 4.69) is 17.6 Å². The van der Waals surface area contributed by atoms with Crippen molar-refractivity contribution in [3.8, 4) is 0 Å². The molecular weight excluding hydrogens is 290 g/mol. The summed E-state index contributed by atoms with van der Waals surface area (Å²) in [5.41, 5.74) is 0.387. The third kappa shape index (κ3) is 2.55. The molecule has 0 aromatic carbocycles. The van der Waals surface area contributed by atoms with Crippen molar-refractivity contribution in [1.82, 2.24) is 10.6 Å². The SMILES string of the molecule is CCNC(=NCCc1ccco1)NC1C2CCOC2C12CCC2. The topological polar surface area (TPSA) is 58.8 Å². The normalized spacial score (nSPS) is 31.3. The van der Waals surface area contributed by atoms with E-state index in [1.165, 1.54) is 25.7 Å². The summed E-state index contributed by atoms with van der Waals surface area (Å²) in [6.45, 7) is 4.68. The van der Waals surface area contributed by atoms with Crippen LogP contribution in [0.15, 0.2) is 27.8 Å². The molecule has 0 radical (unpaired) electrons. The van der Waals surface area contributed by atoms with Gasteiger partial charge in [0.1, 0.15) is 5.76 Å². The number of furan rings is 1. The van der Waals surface area contributed by atoms with Crippen LogP contribution in [-0.2, 0) is 11.2 Å². The van der Waals surface area contributed by atoms with E-state index in [9.17, 15) is 0 Å². The number of rotatable bonds is 5. The summed E-state index contributed by atoms with van der Waals surface area (Å²) in [6, 6.07) is 4.47. The molecule has 1 aliphatic heterocycles. The average molecular weight is 317 g/mol. The number of fused-ring (bicyclic) bond motifs is 2. The molecule has 1 aromatic heterocycles. The maximum absolute atomic E-state index is 6.00. The number of ether oxygens (including phenoxy) is 1. The molecule has 23 heavy (non-hydrogen) atoms. The molecule has 3 fully saturated rings. The van der Waals surface area contributed by atoms with Crippen LogP contribution in [0.2, 0.25) is 0 Å². The summed E-state index contributed by atoms with van der Waals surface area (Å²) >= 11 is 0. The molecule has 1 spiro atoms. The Balaban J connectivity index is 1.39. The molecule has 2 heterocycles. The zero-order valence-corrected chi connectivity index (χ0v) is 13.9. The fraction of sp³-hybridized carbons (Fsp3) is 0.722. The third-order valence-corrected chi connectivity index (χ3v) is 5.88. The minimum atomic E-state index is 0.387. The fourth-order valence-corrected chi connectivity index (χ4v) is 4.66. The van der Waals surface area contributed by atoms with Crippen LogP contribution < -0.4 is 10.6 Å². The van der Waals surface area contributed by atoms with Crippen molar-refractivity contribution in [2.24, 2.45) is 16.3 Å². The molecule has 3 unspecified atom stereocenters. The Labute approximate surface area is 137 Å². The first-order chi connectivity index (χ1) is 11.3. The zero-order chi connectivity index (χ0) is 15.7. The van der Waals surface area contributed by atoms with Crippen LogP contribution in [0.3, 0.4) is 0 Å². The third-order valence-electron chi connectivity index (χ3n) is 5.88. The summed E-state index contributed by atoms with van der Waals surface area (Å²) in [5.74, 6) is 2.61. The first kappa shape index (κ1) is 15.1. The summed E-state index contributed by atoms with van der Waals surface area (Å²) in [7, 11) is 0. The van der Waals surface area contributed by atoms with Crippen LogP contribution in [0.1, 0.15) is 38.4 Å². The minimum absolute atomic E-state index is 0.387. The smallest absolute Gasteiger partial charge is 0.191 e. The van der Waals surface area contributed by atoms with Gasteiger partial charge < -0.3 is 19.8 Å². The number of hydrogen-bond donors (Lipinski definition) is 2. The lowest BCUT2D eigenvalue weighted by Gasteiger charge is -2.63. The van der Waals surface area contributed by atoms with Gasteiger partial charge >= 0.3 is 0 Å². The highest BCUT2D eigenvalue weighted by Crippen LogP contribution is 2.62. The summed E-state index contributed by atoms with van der Waals surface area (Å²) in [6.07, 6.45) is 8.20. The van der Waals surface area contributed by atoms with Crippen molar-refractivity contribution < 1.29 is 9.15 Å². The van der Waals surface area contributed by atoms with Gasteiger partial charge in [-0.2, -0.15) is 0 Å². The maximum Gasteiger partial charge on any atom is 0.191 e. The molecule has 1 saturated heterocycles. The Kier molecular flexibility index (Phi) is 4.05. The van der Waals surface area contributed by atoms with Crippen LogP contribution >= 0.6 is 0 Å². The average Bonchev–Trinajstić information content (AvgIpc) is 3.13. The number of nitrogens with one attached hydrogen (secondary N) is 2. The second-order valence-electron chi connectivity index (χ2n) is 7.04. The van der Waals surface area contributed by atoms with Gasteiger partial charge in [-0.3, -0.25) is 4.99 Å². The van der Waals surface area contributed by atoms with Crippen LogP contribution in [0.25, 0.3) is 0 Å². The first-order valence-corrected chi connectivity index (χ1v) is 9.02. The van der Waals surface area contributed by atoms with Crippen molar-refractivity contribution >= 4 is 5.96 Å². The quantitative estimate of drug-likeness (QED) is 0.646. The zero-order valence-electron chi connectivity index (χ0n) is 13.9. The van der Waals surface area contributed by atoms with Gasteiger partial charge in [-0.05, 0) is 38.3 Å². The highest BCUT2D eigenvalue weighted by atomic mass is 16.5. The molecule has 1 aromatic rings. The first-order valence-electron chi connectivity index (χ1n) is 9.02. The van der Waals surface area contributed by atoms with Crippen LogP contribution in [0.4, 0.5) is 0 Å². The summed E-state index contributed by atoms with van der Waals surface area (Å²) in [5, 5.41) is 7.12. The van der Waals surface area contributed by atoms with Crippen molar-refractivity contribution in [2.45, 2.75) is 51.2 Å². The van der Waals surface area contributed by atoms with E-state index in [0.717, 1.165) is 37.8 Å². The number of guanidine groups is 1. The second-order valence-corrected chi connectivity index (χ2v) is 7.04. The number of hydrogen-bond acceptors (Lipinski definition) is 3. The fourth-order valence-electron chi connectivity index (χ4n) is 4.66. The highest BCUT2D eigenvalue weighted by molar-refractivity contribution is 5.80. The Hall–Kier alpha value is -1.49. The van der Waals surface area contributed by atoms with E-state index in [4.69, 9.17) is 14.1 Å². The molecule has 4 rings (SSSR count). The van der Waals surface area contributed by atoms with E-state index in [1.807, 2.05) is 12.1 Å². The van der Waals surface area contributed by atoms with Crippen LogP contribution in [0, 0.1) is 11.3 Å². The van der Waals surface area contributed by atoms with Crippen molar-refractivity contribution in [1.29, 1.82) is 0 Å². The second kappa shape index (κ2) is 6.19. The standard InChI is InChI=1S/C18H27N3O2/c1-2-19-17(20-10-6-13-5-3-11-22-13)21-15-14-7-12-23-16(14)18(15)8-4-9-18/h3,5,11,14-16H,2,4,6-10,12H2,1H3,(H2,19,20,21). The van der Waals surface area contributed by atoms with Crippen molar-refractivity contribution in [2.75, 3.05) is 19.7 Å². The lowest BCUT2D eigenvalue weighted by atomic mass is 9.46. The van der Waals surface area contributed by atoms with Gasteiger partial charge in [0.25, 0.3) is 0 Å². The van der Waals surface area contributed by atoms with E-state index in [1.54, 1.807) is 6.26 Å². The van der Waals surface area contributed by atoms with Crippen LogP contribution in [-0.4, -0.2) is 37.8 Å². The van der Waals surface area contributed by atoms with E-state index < -0.39 is 0 Å². The number of aliphatic imine (C=N–C) groups is 1. The van der Waals surface area contributed by atoms with Gasteiger partial charge in [0.15, 0.2) is 5.96 Å². The molecule has 126 valence electrons. The molecule has 2 aliphatic carbocycles. The molecule has 5 nitrogen and oxygen atoms in total. The van der Waals surface area contributed by atoms with E-state index >= 15 is 0 Å². The molecule has 0 amide bonds. The Morgan fingerprint density at radius 2 is 2.35 bits per heavy atom. The van der Waals surface area contributed by atoms with E-state index in [0.29, 0.717) is 23.5 Å². The van der Waals surface area contributed by atoms with Gasteiger partial charge in [-0.25, -0.2) is 0 Å². The Bertz CT molecular complexity index is 551. The lowest BCUT2D eigenvalue weighted by Crippen LogP contribution is -2.72. The lowest BCUT2D eigenvalue weighted by molar-refractivity contribution is -0.171. The van der Waals surface area contributed by atoms with Gasteiger partial charge in [0, 0.05) is 43.5 Å². The Morgan fingerprint density at radius 3 is 3.04 bits per heavy atom. The van der Waals surface area contributed by atoms with Crippen molar-refractivity contribution in [3.05, 3.63) is 24.2 Å². The van der Waals surface area contributed by atoms with Gasteiger partial charge in [0.05, 0.1) is 12.4 Å². The predicted octanol–water partition coefficient (Wildman–Crippen LogP) is 2.33. The summed E-state index contributed by atoms with van der Waals surface area (Å²) in [4.78, 5) is 4.74. The maximum atomic E-state index is 6.00.